The second-order valence-electron chi connectivity index (χ2n) is 5.81. The highest BCUT2D eigenvalue weighted by molar-refractivity contribution is 4.95. The van der Waals surface area contributed by atoms with Crippen LogP contribution in [-0.2, 0) is 0 Å². The zero-order chi connectivity index (χ0) is 10.3. The Kier molecular flexibility index (Phi) is 2.73. The van der Waals surface area contributed by atoms with Crippen LogP contribution in [0.15, 0.2) is 0 Å². The summed E-state index contributed by atoms with van der Waals surface area (Å²) in [6.45, 7) is 7.88. The van der Waals surface area contributed by atoms with E-state index in [9.17, 15) is 0 Å². The Morgan fingerprint density at radius 1 is 0.933 bits per heavy atom. The second kappa shape index (κ2) is 4.06. The van der Waals surface area contributed by atoms with Crippen LogP contribution in [0.1, 0.15) is 39.0 Å². The zero-order valence-corrected chi connectivity index (χ0v) is 9.99. The molecule has 3 rings (SSSR count). The molecular weight excluding hydrogens is 184 g/mol. The van der Waals surface area contributed by atoms with Crippen LogP contribution in [0.4, 0.5) is 0 Å². The molecule has 0 radical (unpaired) electrons. The quantitative estimate of drug-likeness (QED) is 0.650. The fourth-order valence-electron chi connectivity index (χ4n) is 3.51. The molecule has 15 heavy (non-hydrogen) atoms. The van der Waals surface area contributed by atoms with Crippen molar-refractivity contribution in [2.45, 2.75) is 51.1 Å². The fraction of sp³-hybridized carbons (Fsp3) is 1.00. The Morgan fingerprint density at radius 3 is 2.47 bits per heavy atom. The number of piperidine rings is 1. The first-order chi connectivity index (χ1) is 7.34. The van der Waals surface area contributed by atoms with E-state index in [-0.39, 0.29) is 0 Å². The van der Waals surface area contributed by atoms with E-state index in [0.717, 1.165) is 18.0 Å². The molecule has 1 aliphatic carbocycles. The van der Waals surface area contributed by atoms with Gasteiger partial charge in [-0.1, -0.05) is 13.3 Å². The standard InChI is InChI=1S/C13H24N2/c1-11-9-13(11)15-8-4-7-14-6-3-2-5-12(14)10-15/h11-13H,2-10H2,1H3. The van der Waals surface area contributed by atoms with E-state index >= 15 is 0 Å². The van der Waals surface area contributed by atoms with E-state index in [2.05, 4.69) is 16.7 Å². The molecule has 1 saturated carbocycles. The Labute approximate surface area is 93.6 Å². The van der Waals surface area contributed by atoms with Gasteiger partial charge in [-0.25, -0.2) is 0 Å². The molecule has 2 nitrogen and oxygen atoms in total. The van der Waals surface area contributed by atoms with E-state index in [1.54, 1.807) is 0 Å². The number of rotatable bonds is 1. The average molecular weight is 208 g/mol. The monoisotopic (exact) mass is 208 g/mol. The lowest BCUT2D eigenvalue weighted by atomic mass is 10.0. The molecule has 0 spiro atoms. The summed E-state index contributed by atoms with van der Waals surface area (Å²) in [6.07, 6.45) is 7.23. The average Bonchev–Trinajstić information content (AvgIpc) is 2.98. The van der Waals surface area contributed by atoms with Crippen LogP contribution in [0, 0.1) is 5.92 Å². The molecule has 2 aliphatic heterocycles. The highest BCUT2D eigenvalue weighted by Gasteiger charge is 2.40. The van der Waals surface area contributed by atoms with E-state index in [1.807, 2.05) is 0 Å². The minimum absolute atomic E-state index is 0.897. The molecule has 3 aliphatic rings. The molecule has 3 fully saturated rings. The first kappa shape index (κ1) is 10.1. The third-order valence-electron chi connectivity index (χ3n) is 4.62. The lowest BCUT2D eigenvalue weighted by Crippen LogP contribution is -2.44. The number of hydrogen-bond acceptors (Lipinski definition) is 2. The van der Waals surface area contributed by atoms with Gasteiger partial charge in [-0.2, -0.15) is 0 Å². The van der Waals surface area contributed by atoms with Gasteiger partial charge in [-0.05, 0) is 51.2 Å². The normalized spacial score (nSPS) is 43.4. The molecule has 2 saturated heterocycles. The van der Waals surface area contributed by atoms with Gasteiger partial charge in [0.2, 0.25) is 0 Å². The molecule has 0 N–H and O–H groups in total. The number of fused-ring (bicyclic) bond motifs is 1. The van der Waals surface area contributed by atoms with E-state index in [4.69, 9.17) is 0 Å². The van der Waals surface area contributed by atoms with Crippen LogP contribution >= 0.6 is 0 Å². The summed E-state index contributed by atoms with van der Waals surface area (Å²) in [5, 5.41) is 0. The summed E-state index contributed by atoms with van der Waals surface area (Å²) in [6, 6.07) is 1.85. The highest BCUT2D eigenvalue weighted by atomic mass is 15.3. The van der Waals surface area contributed by atoms with Crippen molar-refractivity contribution in [3.05, 3.63) is 0 Å². The number of hydrogen-bond donors (Lipinski definition) is 0. The summed E-state index contributed by atoms with van der Waals surface area (Å²) < 4.78 is 0. The van der Waals surface area contributed by atoms with Crippen LogP contribution in [0.3, 0.4) is 0 Å². The van der Waals surface area contributed by atoms with Crippen molar-refractivity contribution >= 4 is 0 Å². The van der Waals surface area contributed by atoms with Crippen molar-refractivity contribution in [3.8, 4) is 0 Å². The summed E-state index contributed by atoms with van der Waals surface area (Å²) in [4.78, 5) is 5.55. The van der Waals surface area contributed by atoms with Gasteiger partial charge in [0, 0.05) is 18.6 Å². The van der Waals surface area contributed by atoms with Gasteiger partial charge in [0.05, 0.1) is 0 Å². The SMILES string of the molecule is CC1CC1N1CCCN2CCCCC2C1. The maximum absolute atomic E-state index is 2.79. The molecule has 0 aromatic heterocycles. The van der Waals surface area contributed by atoms with Gasteiger partial charge in [0.25, 0.3) is 0 Å². The topological polar surface area (TPSA) is 6.48 Å². The molecule has 2 heteroatoms. The van der Waals surface area contributed by atoms with Crippen LogP contribution in [0.2, 0.25) is 0 Å². The van der Waals surface area contributed by atoms with Crippen LogP contribution in [0.5, 0.6) is 0 Å². The maximum atomic E-state index is 2.79. The lowest BCUT2D eigenvalue weighted by Gasteiger charge is -2.35. The van der Waals surface area contributed by atoms with E-state index < -0.39 is 0 Å². The first-order valence-electron chi connectivity index (χ1n) is 6.82. The third-order valence-corrected chi connectivity index (χ3v) is 4.62. The largest absolute Gasteiger partial charge is 0.299 e. The minimum atomic E-state index is 0.897. The minimum Gasteiger partial charge on any atom is -0.299 e. The summed E-state index contributed by atoms with van der Waals surface area (Å²) in [7, 11) is 0. The van der Waals surface area contributed by atoms with Gasteiger partial charge in [-0.3, -0.25) is 9.80 Å². The molecule has 0 bridgehead atoms. The molecule has 3 atom stereocenters. The van der Waals surface area contributed by atoms with Gasteiger partial charge < -0.3 is 0 Å². The van der Waals surface area contributed by atoms with Crippen molar-refractivity contribution in [2.24, 2.45) is 5.92 Å². The smallest absolute Gasteiger partial charge is 0.0223 e. The zero-order valence-electron chi connectivity index (χ0n) is 9.99. The van der Waals surface area contributed by atoms with Crippen LogP contribution < -0.4 is 0 Å². The fourth-order valence-corrected chi connectivity index (χ4v) is 3.51. The van der Waals surface area contributed by atoms with Crippen LogP contribution in [-0.4, -0.2) is 48.1 Å². The van der Waals surface area contributed by atoms with Gasteiger partial charge >= 0.3 is 0 Å². The molecule has 0 aromatic rings. The molecule has 3 unspecified atom stereocenters. The highest BCUT2D eigenvalue weighted by Crippen LogP contribution is 2.36. The van der Waals surface area contributed by atoms with Crippen molar-refractivity contribution in [2.75, 3.05) is 26.2 Å². The van der Waals surface area contributed by atoms with Gasteiger partial charge in [0.1, 0.15) is 0 Å². The maximum Gasteiger partial charge on any atom is 0.0223 e. The molecule has 0 aromatic carbocycles. The summed E-state index contributed by atoms with van der Waals surface area (Å²) >= 11 is 0. The van der Waals surface area contributed by atoms with Crippen LogP contribution in [0.25, 0.3) is 0 Å². The molecule has 2 heterocycles. The van der Waals surface area contributed by atoms with Gasteiger partial charge in [0.15, 0.2) is 0 Å². The Bertz CT molecular complexity index is 229. The summed E-state index contributed by atoms with van der Waals surface area (Å²) in [5.74, 6) is 0.986. The Hall–Kier alpha value is -0.0800. The van der Waals surface area contributed by atoms with Crippen molar-refractivity contribution in [1.82, 2.24) is 9.80 Å². The predicted octanol–water partition coefficient (Wildman–Crippen LogP) is 1.96. The third kappa shape index (κ3) is 2.07. The van der Waals surface area contributed by atoms with Crippen molar-refractivity contribution in [1.29, 1.82) is 0 Å². The van der Waals surface area contributed by atoms with E-state index in [1.165, 1.54) is 58.3 Å². The molecular formula is C13H24N2. The predicted molar refractivity (Wildman–Crippen MR) is 63.0 cm³/mol. The number of nitrogens with zero attached hydrogens (tertiary/aromatic N) is 2. The lowest BCUT2D eigenvalue weighted by molar-refractivity contribution is 0.133. The Balaban J connectivity index is 1.63. The Morgan fingerprint density at radius 2 is 1.67 bits per heavy atom. The molecule has 0 amide bonds. The second-order valence-corrected chi connectivity index (χ2v) is 5.81. The van der Waals surface area contributed by atoms with Crippen molar-refractivity contribution < 1.29 is 0 Å². The molecule has 86 valence electrons. The first-order valence-corrected chi connectivity index (χ1v) is 6.82. The van der Waals surface area contributed by atoms with E-state index in [0.29, 0.717) is 0 Å². The van der Waals surface area contributed by atoms with Gasteiger partial charge in [-0.15, -0.1) is 0 Å². The summed E-state index contributed by atoms with van der Waals surface area (Å²) in [5.41, 5.74) is 0. The van der Waals surface area contributed by atoms with Crippen molar-refractivity contribution in [3.63, 3.8) is 0 Å².